The fraction of sp³-hybridized carbons (Fsp3) is 0.467. The van der Waals surface area contributed by atoms with Gasteiger partial charge in [-0.25, -0.2) is 4.99 Å². The Morgan fingerprint density at radius 1 is 1.37 bits per heavy atom. The molecule has 4 heteroatoms. The van der Waals surface area contributed by atoms with Gasteiger partial charge >= 0.3 is 0 Å². The quantitative estimate of drug-likeness (QED) is 0.908. The van der Waals surface area contributed by atoms with Crippen LogP contribution in [0.2, 0.25) is 0 Å². The van der Waals surface area contributed by atoms with Crippen LogP contribution in [0.15, 0.2) is 29.3 Å². The number of fused-ring (bicyclic) bond motifs is 1. The van der Waals surface area contributed by atoms with E-state index in [4.69, 9.17) is 4.74 Å². The van der Waals surface area contributed by atoms with Crippen LogP contribution < -0.4 is 5.32 Å². The summed E-state index contributed by atoms with van der Waals surface area (Å²) in [6.45, 7) is 6.66. The number of nitrogens with one attached hydrogen (secondary N) is 1. The van der Waals surface area contributed by atoms with Crippen LogP contribution in [0.3, 0.4) is 0 Å². The first-order valence-electron chi connectivity index (χ1n) is 6.78. The molecule has 2 atom stereocenters. The van der Waals surface area contributed by atoms with Gasteiger partial charge in [-0.3, -0.25) is 4.79 Å². The lowest BCUT2D eigenvalue weighted by Crippen LogP contribution is -2.45. The van der Waals surface area contributed by atoms with Crippen LogP contribution in [0.5, 0.6) is 0 Å². The Hall–Kier alpha value is -1.84. The van der Waals surface area contributed by atoms with Gasteiger partial charge in [0.2, 0.25) is 5.90 Å². The number of nitrogens with zero attached hydrogens (tertiary/aromatic N) is 1. The standard InChI is InChI=1S/C15H20N2O2/c1-4-10(3)13-15(19-5-2)16-12-9-7-6-8-11(12)14(18)17-13/h6-10,13H,4-5H2,1-3H3,(H,17,18)/t10?,13-/m0/s1. The first kappa shape index (κ1) is 13.6. The molecule has 0 bridgehead atoms. The Bertz CT molecular complexity index is 497. The monoisotopic (exact) mass is 260 g/mol. The lowest BCUT2D eigenvalue weighted by atomic mass is 9.99. The van der Waals surface area contributed by atoms with Crippen molar-refractivity contribution in [2.24, 2.45) is 10.9 Å². The molecule has 0 saturated carbocycles. The molecule has 1 N–H and O–H groups in total. The summed E-state index contributed by atoms with van der Waals surface area (Å²) >= 11 is 0. The maximum atomic E-state index is 12.2. The number of carbonyl (C=O) groups excluding carboxylic acids is 1. The second-order valence-corrected chi connectivity index (χ2v) is 4.74. The molecule has 1 aromatic rings. The van der Waals surface area contributed by atoms with E-state index in [0.717, 1.165) is 6.42 Å². The van der Waals surface area contributed by atoms with Crippen molar-refractivity contribution in [1.82, 2.24) is 5.32 Å². The van der Waals surface area contributed by atoms with E-state index in [1.54, 1.807) is 6.07 Å². The van der Waals surface area contributed by atoms with E-state index in [9.17, 15) is 4.79 Å². The molecule has 4 nitrogen and oxygen atoms in total. The lowest BCUT2D eigenvalue weighted by molar-refractivity contribution is 0.0934. The minimum absolute atomic E-state index is 0.0839. The Labute approximate surface area is 113 Å². The van der Waals surface area contributed by atoms with Gasteiger partial charge < -0.3 is 10.1 Å². The summed E-state index contributed by atoms with van der Waals surface area (Å²) in [6.07, 6.45) is 0.952. The Morgan fingerprint density at radius 2 is 2.11 bits per heavy atom. The van der Waals surface area contributed by atoms with Gasteiger partial charge in [0.05, 0.1) is 17.9 Å². The Morgan fingerprint density at radius 3 is 2.79 bits per heavy atom. The van der Waals surface area contributed by atoms with E-state index in [1.807, 2.05) is 25.1 Å². The number of amides is 1. The van der Waals surface area contributed by atoms with E-state index < -0.39 is 0 Å². The smallest absolute Gasteiger partial charge is 0.254 e. The van der Waals surface area contributed by atoms with Crippen molar-refractivity contribution in [3.8, 4) is 0 Å². The Balaban J connectivity index is 2.44. The normalized spacial score (nSPS) is 19.8. The first-order chi connectivity index (χ1) is 9.17. The molecule has 1 unspecified atom stereocenters. The van der Waals surface area contributed by atoms with E-state index in [-0.39, 0.29) is 17.9 Å². The van der Waals surface area contributed by atoms with E-state index in [2.05, 4.69) is 24.2 Å². The molecule has 1 aliphatic heterocycles. The van der Waals surface area contributed by atoms with Crippen LogP contribution in [-0.4, -0.2) is 24.5 Å². The van der Waals surface area contributed by atoms with Crippen molar-refractivity contribution in [3.63, 3.8) is 0 Å². The summed E-state index contributed by atoms with van der Waals surface area (Å²) in [7, 11) is 0. The minimum atomic E-state index is -0.162. The van der Waals surface area contributed by atoms with Crippen molar-refractivity contribution < 1.29 is 9.53 Å². The highest BCUT2D eigenvalue weighted by molar-refractivity contribution is 6.04. The highest BCUT2D eigenvalue weighted by Gasteiger charge is 2.29. The van der Waals surface area contributed by atoms with Crippen molar-refractivity contribution in [1.29, 1.82) is 0 Å². The molecule has 0 radical (unpaired) electrons. The van der Waals surface area contributed by atoms with Crippen LogP contribution in [0.4, 0.5) is 5.69 Å². The number of rotatable bonds is 3. The molecule has 2 rings (SSSR count). The first-order valence-corrected chi connectivity index (χ1v) is 6.78. The third-order valence-electron chi connectivity index (χ3n) is 3.44. The molecular weight excluding hydrogens is 240 g/mol. The SMILES string of the molecule is CCOC1=Nc2ccccc2C(=O)N[C@H]1C(C)CC. The number of hydrogen-bond acceptors (Lipinski definition) is 3. The summed E-state index contributed by atoms with van der Waals surface area (Å²) in [6, 6.07) is 7.19. The van der Waals surface area contributed by atoms with Crippen molar-refractivity contribution in [2.45, 2.75) is 33.2 Å². The van der Waals surface area contributed by atoms with Gasteiger partial charge in [0.15, 0.2) is 0 Å². The molecule has 0 fully saturated rings. The predicted octanol–water partition coefficient (Wildman–Crippen LogP) is 2.91. The maximum absolute atomic E-state index is 12.2. The molecule has 1 amide bonds. The number of benzene rings is 1. The summed E-state index contributed by atoms with van der Waals surface area (Å²) in [4.78, 5) is 16.8. The third-order valence-corrected chi connectivity index (χ3v) is 3.44. The maximum Gasteiger partial charge on any atom is 0.254 e. The number of aliphatic imine (C=N–C) groups is 1. The molecule has 0 aliphatic carbocycles. The average molecular weight is 260 g/mol. The van der Waals surface area contributed by atoms with Crippen LogP contribution in [-0.2, 0) is 4.74 Å². The van der Waals surface area contributed by atoms with Gasteiger partial charge in [0.1, 0.15) is 6.04 Å². The minimum Gasteiger partial charge on any atom is -0.480 e. The van der Waals surface area contributed by atoms with Crippen LogP contribution in [0.1, 0.15) is 37.6 Å². The molecule has 1 aromatic carbocycles. The Kier molecular flexibility index (Phi) is 4.20. The van der Waals surface area contributed by atoms with E-state index in [0.29, 0.717) is 23.8 Å². The van der Waals surface area contributed by atoms with E-state index >= 15 is 0 Å². The molecular formula is C15H20N2O2. The number of carbonyl (C=O) groups is 1. The lowest BCUT2D eigenvalue weighted by Gasteiger charge is -2.23. The van der Waals surface area contributed by atoms with Crippen LogP contribution in [0, 0.1) is 5.92 Å². The van der Waals surface area contributed by atoms with Gasteiger partial charge in [-0.15, -0.1) is 0 Å². The highest BCUT2D eigenvalue weighted by atomic mass is 16.5. The summed E-state index contributed by atoms with van der Waals surface area (Å²) in [5, 5.41) is 3.03. The zero-order valence-electron chi connectivity index (χ0n) is 11.6. The predicted molar refractivity (Wildman–Crippen MR) is 75.9 cm³/mol. The number of hydrogen-bond donors (Lipinski definition) is 1. The molecule has 19 heavy (non-hydrogen) atoms. The van der Waals surface area contributed by atoms with Gasteiger partial charge in [0, 0.05) is 0 Å². The second-order valence-electron chi connectivity index (χ2n) is 4.74. The fourth-order valence-electron chi connectivity index (χ4n) is 2.12. The molecule has 1 heterocycles. The van der Waals surface area contributed by atoms with Gasteiger partial charge in [0.25, 0.3) is 5.91 Å². The van der Waals surface area contributed by atoms with Crippen LogP contribution in [0.25, 0.3) is 0 Å². The number of ether oxygens (including phenoxy) is 1. The fourth-order valence-corrected chi connectivity index (χ4v) is 2.12. The van der Waals surface area contributed by atoms with Gasteiger partial charge in [-0.05, 0) is 25.0 Å². The summed E-state index contributed by atoms with van der Waals surface area (Å²) in [5.74, 6) is 0.804. The molecule has 0 aromatic heterocycles. The third kappa shape index (κ3) is 2.78. The molecule has 0 spiro atoms. The average Bonchev–Trinajstić information content (AvgIpc) is 2.56. The van der Waals surface area contributed by atoms with Crippen LogP contribution >= 0.6 is 0 Å². The highest BCUT2D eigenvalue weighted by Crippen LogP contribution is 2.24. The van der Waals surface area contributed by atoms with Crippen molar-refractivity contribution in [2.75, 3.05) is 6.61 Å². The van der Waals surface area contributed by atoms with Crippen molar-refractivity contribution >= 4 is 17.5 Å². The summed E-state index contributed by atoms with van der Waals surface area (Å²) in [5.41, 5.74) is 1.28. The zero-order valence-corrected chi connectivity index (χ0v) is 11.6. The van der Waals surface area contributed by atoms with Gasteiger partial charge in [-0.1, -0.05) is 32.4 Å². The number of para-hydroxylation sites is 1. The molecule has 1 aliphatic rings. The topological polar surface area (TPSA) is 50.7 Å². The largest absolute Gasteiger partial charge is 0.480 e. The molecule has 102 valence electrons. The zero-order chi connectivity index (χ0) is 13.8. The molecule has 0 saturated heterocycles. The van der Waals surface area contributed by atoms with Crippen molar-refractivity contribution in [3.05, 3.63) is 29.8 Å². The summed E-state index contributed by atoms with van der Waals surface area (Å²) < 4.78 is 5.64. The van der Waals surface area contributed by atoms with Gasteiger partial charge in [-0.2, -0.15) is 0 Å². The second kappa shape index (κ2) is 5.87. The van der Waals surface area contributed by atoms with E-state index in [1.165, 1.54) is 0 Å².